The fourth-order valence-electron chi connectivity index (χ4n) is 4.98. The summed E-state index contributed by atoms with van der Waals surface area (Å²) in [4.78, 5) is 26.0. The summed E-state index contributed by atoms with van der Waals surface area (Å²) in [6, 6.07) is 17.5. The molecule has 7 nitrogen and oxygen atoms in total. The van der Waals surface area contributed by atoms with Gasteiger partial charge in [-0.3, -0.25) is 9.69 Å². The third-order valence-electron chi connectivity index (χ3n) is 7.13. The van der Waals surface area contributed by atoms with Gasteiger partial charge in [-0.2, -0.15) is 9.97 Å². The third-order valence-corrected chi connectivity index (χ3v) is 7.13. The van der Waals surface area contributed by atoms with E-state index in [-0.39, 0.29) is 24.0 Å². The predicted octanol–water partition coefficient (Wildman–Crippen LogP) is 5.15. The van der Waals surface area contributed by atoms with Crippen LogP contribution in [0.3, 0.4) is 0 Å². The number of benzene rings is 2. The molecule has 2 aliphatic rings. The number of nitrogens with two attached hydrogens (primary N) is 1. The minimum absolute atomic E-state index is 0.0751. The number of rotatable bonds is 9. The topological polar surface area (TPSA) is 84.6 Å². The molecule has 0 amide bonds. The molecule has 0 radical (unpaired) electrons. The highest BCUT2D eigenvalue weighted by Crippen LogP contribution is 2.34. The highest BCUT2D eigenvalue weighted by Gasteiger charge is 2.31. The number of carbonyl (C=O) groups excluding carboxylic acids is 1. The molecule has 0 spiro atoms. The number of aromatic nitrogens is 2. The molecule has 1 saturated heterocycles. The molecule has 0 bridgehead atoms. The highest BCUT2D eigenvalue weighted by molar-refractivity contribution is 6.03. The number of ketones is 1. The summed E-state index contributed by atoms with van der Waals surface area (Å²) in [6.07, 6.45) is 4.66. The highest BCUT2D eigenvalue weighted by atomic mass is 16.5. The zero-order valence-corrected chi connectivity index (χ0v) is 21.6. The Morgan fingerprint density at radius 1 is 1.00 bits per heavy atom. The number of likely N-dealkylation sites (tertiary alicyclic amines) is 1. The van der Waals surface area contributed by atoms with E-state index in [0.29, 0.717) is 30.2 Å². The number of anilines is 2. The normalized spacial score (nSPS) is 15.8. The van der Waals surface area contributed by atoms with Crippen LogP contribution in [-0.2, 0) is 24.3 Å². The number of hydrogen-bond donors (Lipinski definition) is 1. The standard InChI is InChI=1S/C30H35N5O2/c1-3-4-16-37-30-32-28(31)26-18-27(36)21(2)35(29(26)33-30)20-22-10-12-24(13-11-22)25-9-7-8-23(17-25)19-34-14-5-6-15-34/h7-13,17H,2-6,14-16,18-20H2,1H3,(H2,31,32,33). The van der Waals surface area contributed by atoms with Gasteiger partial charge in [-0.05, 0) is 60.7 Å². The van der Waals surface area contributed by atoms with Crippen molar-refractivity contribution in [2.45, 2.75) is 52.1 Å². The maximum absolute atomic E-state index is 12.7. The van der Waals surface area contributed by atoms with Gasteiger partial charge < -0.3 is 15.4 Å². The number of carbonyl (C=O) groups is 1. The van der Waals surface area contributed by atoms with Crippen molar-refractivity contribution in [3.8, 4) is 17.1 Å². The fourth-order valence-corrected chi connectivity index (χ4v) is 4.98. The van der Waals surface area contributed by atoms with E-state index in [0.717, 1.165) is 24.9 Å². The van der Waals surface area contributed by atoms with Crippen molar-refractivity contribution in [1.82, 2.24) is 14.9 Å². The van der Waals surface area contributed by atoms with E-state index in [1.54, 1.807) is 0 Å². The summed E-state index contributed by atoms with van der Waals surface area (Å²) in [5, 5.41) is 0. The first kappa shape index (κ1) is 25.0. The summed E-state index contributed by atoms with van der Waals surface area (Å²) in [7, 11) is 0. The molecule has 7 heteroatoms. The number of nitrogens with zero attached hydrogens (tertiary/aromatic N) is 4. The van der Waals surface area contributed by atoms with Gasteiger partial charge in [-0.1, -0.05) is 62.4 Å². The van der Waals surface area contributed by atoms with E-state index in [4.69, 9.17) is 10.5 Å². The van der Waals surface area contributed by atoms with Gasteiger partial charge >= 0.3 is 6.01 Å². The van der Waals surface area contributed by atoms with E-state index in [2.05, 4.69) is 76.9 Å². The summed E-state index contributed by atoms with van der Waals surface area (Å²) in [6.45, 7) is 10.5. The predicted molar refractivity (Wildman–Crippen MR) is 147 cm³/mol. The van der Waals surface area contributed by atoms with Gasteiger partial charge in [-0.15, -0.1) is 0 Å². The quantitative estimate of drug-likeness (QED) is 0.323. The maximum Gasteiger partial charge on any atom is 0.320 e. The van der Waals surface area contributed by atoms with Gasteiger partial charge in [0.25, 0.3) is 0 Å². The average Bonchev–Trinajstić information content (AvgIpc) is 3.41. The minimum Gasteiger partial charge on any atom is -0.463 e. The smallest absolute Gasteiger partial charge is 0.320 e. The van der Waals surface area contributed by atoms with Gasteiger partial charge in [0.15, 0.2) is 5.78 Å². The lowest BCUT2D eigenvalue weighted by molar-refractivity contribution is -0.115. The molecule has 0 atom stereocenters. The average molecular weight is 498 g/mol. The van der Waals surface area contributed by atoms with Crippen molar-refractivity contribution in [2.75, 3.05) is 30.3 Å². The molecular formula is C30H35N5O2. The van der Waals surface area contributed by atoms with Crippen LogP contribution < -0.4 is 15.4 Å². The van der Waals surface area contributed by atoms with Crippen LogP contribution in [0.15, 0.2) is 60.8 Å². The lowest BCUT2D eigenvalue weighted by atomic mass is 9.99. The Balaban J connectivity index is 1.35. The zero-order chi connectivity index (χ0) is 25.8. The van der Waals surface area contributed by atoms with Crippen LogP contribution in [0.25, 0.3) is 11.1 Å². The van der Waals surface area contributed by atoms with Crippen LogP contribution in [0.4, 0.5) is 11.6 Å². The van der Waals surface area contributed by atoms with Gasteiger partial charge in [0.2, 0.25) is 0 Å². The molecule has 2 aliphatic heterocycles. The van der Waals surface area contributed by atoms with Crippen molar-refractivity contribution in [1.29, 1.82) is 0 Å². The molecule has 3 heterocycles. The first-order chi connectivity index (χ1) is 18.0. The summed E-state index contributed by atoms with van der Waals surface area (Å²) < 4.78 is 5.72. The second-order valence-electron chi connectivity index (χ2n) is 9.91. The number of fused-ring (bicyclic) bond motifs is 1. The monoisotopic (exact) mass is 497 g/mol. The maximum atomic E-state index is 12.7. The largest absolute Gasteiger partial charge is 0.463 e. The summed E-state index contributed by atoms with van der Waals surface area (Å²) in [5.74, 6) is 0.808. The lowest BCUT2D eigenvalue weighted by Gasteiger charge is -2.31. The van der Waals surface area contributed by atoms with Gasteiger partial charge in [0.1, 0.15) is 11.6 Å². The first-order valence-corrected chi connectivity index (χ1v) is 13.2. The molecule has 3 aromatic rings. The van der Waals surface area contributed by atoms with Gasteiger partial charge in [0, 0.05) is 25.1 Å². The number of allylic oxidation sites excluding steroid dienone is 1. The van der Waals surface area contributed by atoms with E-state index < -0.39 is 0 Å². The van der Waals surface area contributed by atoms with Crippen LogP contribution in [-0.4, -0.2) is 40.3 Å². The van der Waals surface area contributed by atoms with Crippen molar-refractivity contribution < 1.29 is 9.53 Å². The molecule has 5 rings (SSSR count). The fraction of sp³-hybridized carbons (Fsp3) is 0.367. The SMILES string of the molecule is C=C1C(=O)Cc2c(N)nc(OCCCC)nc2N1Cc1ccc(-c2cccc(CN3CCCC3)c2)cc1. The van der Waals surface area contributed by atoms with Gasteiger partial charge in [-0.25, -0.2) is 0 Å². The third kappa shape index (κ3) is 5.67. The van der Waals surface area contributed by atoms with Crippen molar-refractivity contribution in [3.63, 3.8) is 0 Å². The number of hydrogen-bond acceptors (Lipinski definition) is 7. The summed E-state index contributed by atoms with van der Waals surface area (Å²) >= 11 is 0. The van der Waals surface area contributed by atoms with Crippen LogP contribution in [0.2, 0.25) is 0 Å². The molecule has 1 aromatic heterocycles. The van der Waals surface area contributed by atoms with E-state index in [9.17, 15) is 4.79 Å². The Hall–Kier alpha value is -3.71. The number of unbranched alkanes of at least 4 members (excludes halogenated alkanes) is 1. The molecule has 2 N–H and O–H groups in total. The van der Waals surface area contributed by atoms with Crippen LogP contribution in [0.1, 0.15) is 49.3 Å². The Bertz CT molecular complexity index is 1280. The number of ether oxygens (including phenoxy) is 1. The molecule has 0 saturated carbocycles. The zero-order valence-electron chi connectivity index (χ0n) is 21.6. The van der Waals surface area contributed by atoms with Crippen LogP contribution >= 0.6 is 0 Å². The minimum atomic E-state index is -0.0751. The molecule has 0 aliphatic carbocycles. The van der Waals surface area contributed by atoms with E-state index in [1.807, 2.05) is 4.90 Å². The summed E-state index contributed by atoms with van der Waals surface area (Å²) in [5.41, 5.74) is 12.0. The second kappa shape index (κ2) is 11.1. The van der Waals surface area contributed by atoms with Gasteiger partial charge in [0.05, 0.1) is 12.3 Å². The molecule has 192 valence electrons. The Morgan fingerprint density at radius 3 is 2.54 bits per heavy atom. The number of nitrogen functional groups attached to an aromatic ring is 1. The van der Waals surface area contributed by atoms with E-state index >= 15 is 0 Å². The molecule has 1 fully saturated rings. The lowest BCUT2D eigenvalue weighted by Crippen LogP contribution is -2.34. The second-order valence-corrected chi connectivity index (χ2v) is 9.91. The van der Waals surface area contributed by atoms with Crippen LogP contribution in [0, 0.1) is 0 Å². The van der Waals surface area contributed by atoms with Crippen molar-refractivity contribution in [2.24, 2.45) is 0 Å². The van der Waals surface area contributed by atoms with Crippen molar-refractivity contribution in [3.05, 3.63) is 77.5 Å². The number of Topliss-reactive ketones (excluding diaryl/α,β-unsaturated/α-hetero) is 1. The van der Waals surface area contributed by atoms with Crippen molar-refractivity contribution >= 4 is 17.4 Å². The Kier molecular flexibility index (Phi) is 7.51. The van der Waals surface area contributed by atoms with E-state index in [1.165, 1.54) is 42.6 Å². The molecule has 37 heavy (non-hydrogen) atoms. The first-order valence-electron chi connectivity index (χ1n) is 13.2. The Labute approximate surface area is 219 Å². The Morgan fingerprint density at radius 2 is 1.78 bits per heavy atom. The molecule has 0 unspecified atom stereocenters. The molecular weight excluding hydrogens is 462 g/mol. The van der Waals surface area contributed by atoms with Crippen LogP contribution in [0.5, 0.6) is 6.01 Å². The molecule has 2 aromatic carbocycles.